The number of nitrogens with zero attached hydrogens (tertiary/aromatic N) is 3. The zero-order chi connectivity index (χ0) is 21.4. The van der Waals surface area contributed by atoms with E-state index in [0.717, 1.165) is 18.5 Å². The summed E-state index contributed by atoms with van der Waals surface area (Å²) in [7, 11) is 0. The number of piperazine rings is 1. The van der Waals surface area contributed by atoms with Gasteiger partial charge in [0.05, 0.1) is 12.5 Å². The minimum Gasteiger partial charge on any atom is -0.486 e. The highest BCUT2D eigenvalue weighted by molar-refractivity contribution is 6.00. The van der Waals surface area contributed by atoms with Crippen LogP contribution in [-0.4, -0.2) is 86.0 Å². The Balaban J connectivity index is 1.15. The topological polar surface area (TPSA) is 91.4 Å². The lowest BCUT2D eigenvalue weighted by molar-refractivity contribution is -0.137. The van der Waals surface area contributed by atoms with Gasteiger partial charge in [0.1, 0.15) is 13.2 Å². The van der Waals surface area contributed by atoms with Gasteiger partial charge in [-0.3, -0.25) is 19.3 Å². The Bertz CT molecular complexity index is 879. The maximum absolute atomic E-state index is 13.0. The Labute approximate surface area is 181 Å². The van der Waals surface area contributed by atoms with Crippen molar-refractivity contribution in [3.63, 3.8) is 0 Å². The van der Waals surface area contributed by atoms with E-state index in [2.05, 4.69) is 10.2 Å². The van der Waals surface area contributed by atoms with Crippen molar-refractivity contribution in [3.05, 3.63) is 18.2 Å². The van der Waals surface area contributed by atoms with Gasteiger partial charge in [0.2, 0.25) is 17.7 Å². The third kappa shape index (κ3) is 4.46. The molecular formula is C22H28N4O5. The molecule has 1 N–H and O–H groups in total. The fourth-order valence-corrected chi connectivity index (χ4v) is 4.41. The number of fused-ring (bicyclic) bond motifs is 1. The third-order valence-electron chi connectivity index (χ3n) is 6.31. The van der Waals surface area contributed by atoms with Crippen LogP contribution in [0.2, 0.25) is 0 Å². The fraction of sp³-hybridized carbons (Fsp3) is 0.591. The van der Waals surface area contributed by atoms with Gasteiger partial charge in [-0.2, -0.15) is 0 Å². The highest BCUT2D eigenvalue weighted by Crippen LogP contribution is 2.36. The summed E-state index contributed by atoms with van der Waals surface area (Å²) in [6, 6.07) is 5.83. The number of amides is 3. The molecule has 31 heavy (non-hydrogen) atoms. The lowest BCUT2D eigenvalue weighted by atomic mass is 10.1. The van der Waals surface area contributed by atoms with Crippen LogP contribution in [0.4, 0.5) is 5.69 Å². The lowest BCUT2D eigenvalue weighted by Gasteiger charge is -2.35. The first-order valence-corrected chi connectivity index (χ1v) is 11.1. The summed E-state index contributed by atoms with van der Waals surface area (Å²) < 4.78 is 11.2. The van der Waals surface area contributed by atoms with Crippen molar-refractivity contribution >= 4 is 23.4 Å². The number of benzene rings is 1. The van der Waals surface area contributed by atoms with Crippen LogP contribution in [0.25, 0.3) is 0 Å². The van der Waals surface area contributed by atoms with E-state index in [1.807, 2.05) is 23.1 Å². The minimum absolute atomic E-state index is 0.0236. The van der Waals surface area contributed by atoms with Crippen molar-refractivity contribution in [2.75, 3.05) is 57.4 Å². The van der Waals surface area contributed by atoms with Crippen molar-refractivity contribution in [1.82, 2.24) is 15.1 Å². The molecule has 5 rings (SSSR count). The van der Waals surface area contributed by atoms with Gasteiger partial charge < -0.3 is 24.6 Å². The van der Waals surface area contributed by atoms with Gasteiger partial charge in [0.15, 0.2) is 11.5 Å². The molecule has 0 radical (unpaired) electrons. The van der Waals surface area contributed by atoms with Crippen LogP contribution in [0, 0.1) is 5.92 Å². The van der Waals surface area contributed by atoms with Gasteiger partial charge in [0.25, 0.3) is 0 Å². The molecule has 166 valence electrons. The van der Waals surface area contributed by atoms with Crippen LogP contribution in [0.15, 0.2) is 18.2 Å². The summed E-state index contributed by atoms with van der Waals surface area (Å²) in [5.41, 5.74) is 0.732. The van der Waals surface area contributed by atoms with Crippen LogP contribution in [0.1, 0.15) is 19.3 Å². The molecule has 0 spiro atoms. The molecule has 9 heteroatoms. The Morgan fingerprint density at radius 2 is 1.77 bits per heavy atom. The molecule has 1 saturated carbocycles. The SMILES string of the molecule is O=C(CN1CCN(C(=O)[C@@H]2CC(=O)N(c3ccc4c(c3)OCCO4)C2)CC1)NC1CC1. The fourth-order valence-electron chi connectivity index (χ4n) is 4.41. The molecule has 3 fully saturated rings. The van der Waals surface area contributed by atoms with Crippen LogP contribution < -0.4 is 19.7 Å². The Hall–Kier alpha value is -2.81. The van der Waals surface area contributed by atoms with E-state index in [0.29, 0.717) is 70.0 Å². The van der Waals surface area contributed by atoms with E-state index < -0.39 is 0 Å². The molecule has 0 bridgehead atoms. The maximum Gasteiger partial charge on any atom is 0.234 e. The van der Waals surface area contributed by atoms with Crippen LogP contribution in [0.5, 0.6) is 11.5 Å². The predicted molar refractivity (Wildman–Crippen MR) is 112 cm³/mol. The second kappa shape index (κ2) is 8.37. The number of nitrogens with one attached hydrogen (secondary N) is 1. The molecule has 2 saturated heterocycles. The van der Waals surface area contributed by atoms with Gasteiger partial charge in [0, 0.05) is 56.9 Å². The van der Waals surface area contributed by atoms with E-state index in [1.165, 1.54) is 0 Å². The van der Waals surface area contributed by atoms with Crippen molar-refractivity contribution in [2.45, 2.75) is 25.3 Å². The highest BCUT2D eigenvalue weighted by atomic mass is 16.6. The zero-order valence-electron chi connectivity index (χ0n) is 17.5. The summed E-state index contributed by atoms with van der Waals surface area (Å²) in [4.78, 5) is 43.3. The first-order chi connectivity index (χ1) is 15.1. The van der Waals surface area contributed by atoms with E-state index in [-0.39, 0.29) is 30.1 Å². The van der Waals surface area contributed by atoms with Crippen LogP contribution >= 0.6 is 0 Å². The summed E-state index contributed by atoms with van der Waals surface area (Å²) in [6.07, 6.45) is 2.38. The molecule has 1 aromatic rings. The normalized spacial score (nSPS) is 23.7. The van der Waals surface area contributed by atoms with Crippen LogP contribution in [0.3, 0.4) is 0 Å². The van der Waals surface area contributed by atoms with E-state index >= 15 is 0 Å². The van der Waals surface area contributed by atoms with Crippen LogP contribution in [-0.2, 0) is 14.4 Å². The van der Waals surface area contributed by atoms with Crippen molar-refractivity contribution in [3.8, 4) is 11.5 Å². The van der Waals surface area contributed by atoms with Crippen molar-refractivity contribution in [1.29, 1.82) is 0 Å². The molecule has 1 aliphatic carbocycles. The molecule has 3 amide bonds. The number of hydrogen-bond donors (Lipinski definition) is 1. The van der Waals surface area contributed by atoms with Crippen molar-refractivity contribution < 1.29 is 23.9 Å². The van der Waals surface area contributed by atoms with E-state index in [9.17, 15) is 14.4 Å². The Morgan fingerprint density at radius 1 is 1.03 bits per heavy atom. The molecule has 3 aliphatic heterocycles. The van der Waals surface area contributed by atoms with Gasteiger partial charge in [-0.1, -0.05) is 0 Å². The first-order valence-electron chi connectivity index (χ1n) is 11.1. The van der Waals surface area contributed by atoms with Crippen molar-refractivity contribution in [2.24, 2.45) is 5.92 Å². The number of rotatable bonds is 5. The number of carbonyl (C=O) groups excluding carboxylic acids is 3. The quantitative estimate of drug-likeness (QED) is 0.722. The number of hydrogen-bond acceptors (Lipinski definition) is 6. The summed E-state index contributed by atoms with van der Waals surface area (Å²) in [5, 5.41) is 3.00. The smallest absolute Gasteiger partial charge is 0.234 e. The van der Waals surface area contributed by atoms with E-state index in [1.54, 1.807) is 4.90 Å². The zero-order valence-corrected chi connectivity index (χ0v) is 17.5. The first kappa shape index (κ1) is 20.1. The molecular weight excluding hydrogens is 400 g/mol. The Kier molecular flexibility index (Phi) is 5.43. The second-order valence-corrected chi connectivity index (χ2v) is 8.68. The van der Waals surface area contributed by atoms with Gasteiger partial charge in [-0.05, 0) is 25.0 Å². The minimum atomic E-state index is -0.342. The monoisotopic (exact) mass is 428 g/mol. The molecule has 0 unspecified atom stereocenters. The molecule has 0 aromatic heterocycles. The maximum atomic E-state index is 13.0. The summed E-state index contributed by atoms with van der Waals surface area (Å²) in [6.45, 7) is 4.30. The van der Waals surface area contributed by atoms with Gasteiger partial charge in [-0.25, -0.2) is 0 Å². The standard InChI is InChI=1S/C22H28N4O5/c27-20(23-16-1-2-16)14-24-5-7-25(8-6-24)22(29)15-11-21(28)26(13-15)17-3-4-18-19(12-17)31-10-9-30-18/h3-4,12,15-16H,1-2,5-11,13-14H2,(H,23,27)/t15-/m1/s1. The summed E-state index contributed by atoms with van der Waals surface area (Å²) in [5.74, 6) is 1.01. The number of carbonyl (C=O) groups is 3. The number of anilines is 1. The predicted octanol–water partition coefficient (Wildman–Crippen LogP) is 0.234. The van der Waals surface area contributed by atoms with Gasteiger partial charge in [-0.15, -0.1) is 0 Å². The number of ether oxygens (including phenoxy) is 2. The second-order valence-electron chi connectivity index (χ2n) is 8.68. The molecule has 9 nitrogen and oxygen atoms in total. The molecule has 1 atom stereocenters. The average molecular weight is 428 g/mol. The summed E-state index contributed by atoms with van der Waals surface area (Å²) >= 11 is 0. The van der Waals surface area contributed by atoms with E-state index in [4.69, 9.17) is 9.47 Å². The Morgan fingerprint density at radius 3 is 2.52 bits per heavy atom. The largest absolute Gasteiger partial charge is 0.486 e. The lowest BCUT2D eigenvalue weighted by Crippen LogP contribution is -2.52. The molecule has 1 aromatic carbocycles. The average Bonchev–Trinajstić information content (AvgIpc) is 3.51. The third-order valence-corrected chi connectivity index (χ3v) is 6.31. The van der Waals surface area contributed by atoms with Gasteiger partial charge >= 0.3 is 0 Å². The highest BCUT2D eigenvalue weighted by Gasteiger charge is 2.38. The molecule has 4 aliphatic rings. The molecule has 3 heterocycles.